The molecule has 0 aliphatic carbocycles. The predicted molar refractivity (Wildman–Crippen MR) is 120 cm³/mol. The molecule has 30 heavy (non-hydrogen) atoms. The number of rotatable bonds is 7. The number of halogens is 1. The van der Waals surface area contributed by atoms with E-state index < -0.39 is 6.10 Å². The van der Waals surface area contributed by atoms with Crippen LogP contribution in [-0.4, -0.2) is 40.6 Å². The highest BCUT2D eigenvalue weighted by atomic mass is 35.5. The summed E-state index contributed by atoms with van der Waals surface area (Å²) in [7, 11) is 1.40. The molecule has 0 spiro atoms. The van der Waals surface area contributed by atoms with Gasteiger partial charge in [-0.15, -0.1) is 0 Å². The minimum Gasteiger partial charge on any atom is -0.469 e. The summed E-state index contributed by atoms with van der Waals surface area (Å²) in [6.45, 7) is 6.11. The van der Waals surface area contributed by atoms with Crippen LogP contribution in [0.1, 0.15) is 29.3 Å². The van der Waals surface area contributed by atoms with Crippen molar-refractivity contribution in [2.75, 3.05) is 13.7 Å². The van der Waals surface area contributed by atoms with Crippen molar-refractivity contribution in [1.29, 1.82) is 0 Å². The van der Waals surface area contributed by atoms with E-state index in [0.717, 1.165) is 50.8 Å². The third-order valence-electron chi connectivity index (χ3n) is 5.71. The van der Waals surface area contributed by atoms with Crippen LogP contribution in [0.3, 0.4) is 0 Å². The fraction of sp³-hybridized carbons (Fsp3) is 0.375. The molecule has 6 heteroatoms. The zero-order chi connectivity index (χ0) is 22.0. The van der Waals surface area contributed by atoms with E-state index in [0.29, 0.717) is 11.6 Å². The minimum atomic E-state index is -0.849. The summed E-state index contributed by atoms with van der Waals surface area (Å²) in [6.07, 6.45) is 0.0982. The van der Waals surface area contributed by atoms with E-state index in [4.69, 9.17) is 16.3 Å². The standard InChI is InChI=1S/C24H28ClNO4/c1-5-19-15(3)20(11-22(29)30-4)23(16-6-8-17(25)9-7-16)21-10-14(2)26(24(19)21)12-18(28)13-27/h6-10,18,27-28H,5,11-13H2,1-4H3. The van der Waals surface area contributed by atoms with Gasteiger partial charge in [0.25, 0.3) is 0 Å². The average Bonchev–Trinajstić information content (AvgIpc) is 3.04. The summed E-state index contributed by atoms with van der Waals surface area (Å²) in [6, 6.07) is 9.68. The molecule has 1 atom stereocenters. The SMILES string of the molecule is CCc1c(C)c(CC(=O)OC)c(-c2ccc(Cl)cc2)c2cc(C)n(CC(O)CO)c12. The smallest absolute Gasteiger partial charge is 0.310 e. The number of ether oxygens (including phenoxy) is 1. The van der Waals surface area contributed by atoms with Gasteiger partial charge in [0.2, 0.25) is 0 Å². The van der Waals surface area contributed by atoms with Crippen LogP contribution in [0.5, 0.6) is 0 Å². The Bertz CT molecular complexity index is 1070. The maximum Gasteiger partial charge on any atom is 0.310 e. The second kappa shape index (κ2) is 9.21. The van der Waals surface area contributed by atoms with Crippen LogP contribution in [0.4, 0.5) is 0 Å². The summed E-state index contributed by atoms with van der Waals surface area (Å²) < 4.78 is 7.03. The highest BCUT2D eigenvalue weighted by Gasteiger charge is 2.23. The Morgan fingerprint density at radius 2 is 1.87 bits per heavy atom. The summed E-state index contributed by atoms with van der Waals surface area (Å²) >= 11 is 6.12. The van der Waals surface area contributed by atoms with E-state index in [2.05, 4.69) is 17.6 Å². The molecular weight excluding hydrogens is 402 g/mol. The second-order valence-corrected chi connectivity index (χ2v) is 8.00. The van der Waals surface area contributed by atoms with Crippen LogP contribution in [-0.2, 0) is 28.9 Å². The zero-order valence-corrected chi connectivity index (χ0v) is 18.6. The Morgan fingerprint density at radius 3 is 2.43 bits per heavy atom. The van der Waals surface area contributed by atoms with Gasteiger partial charge in [0.15, 0.2) is 0 Å². The average molecular weight is 430 g/mol. The number of esters is 1. The molecule has 0 saturated carbocycles. The lowest BCUT2D eigenvalue weighted by Crippen LogP contribution is -2.21. The Kier molecular flexibility index (Phi) is 6.86. The van der Waals surface area contributed by atoms with Crippen molar-refractivity contribution >= 4 is 28.5 Å². The molecule has 5 nitrogen and oxygen atoms in total. The van der Waals surface area contributed by atoms with Crippen molar-refractivity contribution in [3.63, 3.8) is 0 Å². The molecule has 2 N–H and O–H groups in total. The number of aryl methyl sites for hydroxylation is 2. The number of aliphatic hydroxyl groups excluding tert-OH is 2. The van der Waals surface area contributed by atoms with Gasteiger partial charge in [-0.05, 0) is 66.3 Å². The van der Waals surface area contributed by atoms with Crippen molar-refractivity contribution in [3.8, 4) is 11.1 Å². The van der Waals surface area contributed by atoms with Crippen LogP contribution in [0.2, 0.25) is 5.02 Å². The van der Waals surface area contributed by atoms with Gasteiger partial charge in [-0.2, -0.15) is 0 Å². The first-order valence-electron chi connectivity index (χ1n) is 10.1. The number of aromatic nitrogens is 1. The fourth-order valence-corrected chi connectivity index (χ4v) is 4.35. The van der Waals surface area contributed by atoms with Crippen LogP contribution < -0.4 is 0 Å². The highest BCUT2D eigenvalue weighted by molar-refractivity contribution is 6.30. The lowest BCUT2D eigenvalue weighted by molar-refractivity contribution is -0.139. The molecule has 0 aliphatic rings. The van der Waals surface area contributed by atoms with E-state index in [-0.39, 0.29) is 19.0 Å². The molecule has 0 radical (unpaired) electrons. The molecule has 0 bridgehead atoms. The molecule has 2 aromatic carbocycles. The molecule has 1 aromatic heterocycles. The van der Waals surface area contributed by atoms with E-state index >= 15 is 0 Å². The molecule has 0 amide bonds. The van der Waals surface area contributed by atoms with Gasteiger partial charge in [-0.1, -0.05) is 30.7 Å². The topological polar surface area (TPSA) is 71.7 Å². The van der Waals surface area contributed by atoms with E-state index in [1.165, 1.54) is 7.11 Å². The first-order valence-corrected chi connectivity index (χ1v) is 10.5. The highest BCUT2D eigenvalue weighted by Crippen LogP contribution is 2.40. The Labute approximate surface area is 181 Å². The Hall–Kier alpha value is -2.34. The van der Waals surface area contributed by atoms with Crippen LogP contribution in [0.25, 0.3) is 22.0 Å². The summed E-state index contributed by atoms with van der Waals surface area (Å²) in [4.78, 5) is 12.3. The summed E-state index contributed by atoms with van der Waals surface area (Å²) in [5.41, 5.74) is 7.05. The quantitative estimate of drug-likeness (QED) is 0.552. The van der Waals surface area contributed by atoms with Gasteiger partial charge in [0.05, 0.1) is 38.3 Å². The molecule has 0 aliphatic heterocycles. The normalized spacial score (nSPS) is 12.4. The number of carbonyl (C=O) groups is 1. The first kappa shape index (κ1) is 22.3. The Balaban J connectivity index is 2.42. The minimum absolute atomic E-state index is 0.173. The molecule has 1 heterocycles. The van der Waals surface area contributed by atoms with Crippen molar-refractivity contribution < 1.29 is 19.7 Å². The van der Waals surface area contributed by atoms with Gasteiger partial charge >= 0.3 is 5.97 Å². The van der Waals surface area contributed by atoms with Crippen molar-refractivity contribution in [2.24, 2.45) is 0 Å². The maximum atomic E-state index is 12.3. The molecular formula is C24H28ClNO4. The lowest BCUT2D eigenvalue weighted by atomic mass is 9.87. The third kappa shape index (κ3) is 4.10. The van der Waals surface area contributed by atoms with Crippen molar-refractivity contribution in [3.05, 3.63) is 57.7 Å². The predicted octanol–water partition coefficient (Wildman–Crippen LogP) is 4.21. The van der Waals surface area contributed by atoms with Crippen LogP contribution >= 0.6 is 11.6 Å². The fourth-order valence-electron chi connectivity index (χ4n) is 4.22. The molecule has 160 valence electrons. The van der Waals surface area contributed by atoms with Gasteiger partial charge in [-0.3, -0.25) is 4.79 Å². The molecule has 3 aromatic rings. The third-order valence-corrected chi connectivity index (χ3v) is 5.96. The van der Waals surface area contributed by atoms with Gasteiger partial charge in [0.1, 0.15) is 0 Å². The lowest BCUT2D eigenvalue weighted by Gasteiger charge is -2.21. The number of hydrogen-bond donors (Lipinski definition) is 2. The molecule has 3 rings (SSSR count). The summed E-state index contributed by atoms with van der Waals surface area (Å²) in [5, 5.41) is 21.2. The number of nitrogens with zero attached hydrogens (tertiary/aromatic N) is 1. The largest absolute Gasteiger partial charge is 0.469 e. The van der Waals surface area contributed by atoms with Crippen molar-refractivity contribution in [2.45, 2.75) is 46.3 Å². The van der Waals surface area contributed by atoms with E-state index in [9.17, 15) is 15.0 Å². The number of methoxy groups -OCH3 is 1. The molecule has 0 saturated heterocycles. The number of aliphatic hydroxyl groups is 2. The monoisotopic (exact) mass is 429 g/mol. The number of hydrogen-bond acceptors (Lipinski definition) is 4. The number of fused-ring (bicyclic) bond motifs is 1. The summed E-state index contributed by atoms with van der Waals surface area (Å²) in [5.74, 6) is -0.290. The van der Waals surface area contributed by atoms with Gasteiger partial charge in [0, 0.05) is 16.1 Å². The van der Waals surface area contributed by atoms with E-state index in [1.54, 1.807) is 0 Å². The van der Waals surface area contributed by atoms with Crippen LogP contribution in [0.15, 0.2) is 30.3 Å². The van der Waals surface area contributed by atoms with Gasteiger partial charge < -0.3 is 19.5 Å². The number of carbonyl (C=O) groups excluding carboxylic acids is 1. The second-order valence-electron chi connectivity index (χ2n) is 7.57. The zero-order valence-electron chi connectivity index (χ0n) is 17.8. The maximum absolute atomic E-state index is 12.3. The van der Waals surface area contributed by atoms with E-state index in [1.807, 2.05) is 38.1 Å². The van der Waals surface area contributed by atoms with Crippen LogP contribution in [0, 0.1) is 13.8 Å². The van der Waals surface area contributed by atoms with Gasteiger partial charge in [-0.25, -0.2) is 0 Å². The number of benzene rings is 2. The molecule has 0 fully saturated rings. The molecule has 1 unspecified atom stereocenters. The van der Waals surface area contributed by atoms with Crippen molar-refractivity contribution in [1.82, 2.24) is 4.57 Å². The first-order chi connectivity index (χ1) is 14.3. The Morgan fingerprint density at radius 1 is 1.20 bits per heavy atom.